The lowest BCUT2D eigenvalue weighted by molar-refractivity contribution is -0.120. The lowest BCUT2D eigenvalue weighted by atomic mass is 9.68. The number of allylic oxidation sites excluding steroid dienone is 1. The van der Waals surface area contributed by atoms with E-state index in [1.54, 1.807) is 24.1 Å². The molecule has 2 unspecified atom stereocenters. The second-order valence-corrected chi connectivity index (χ2v) is 18.3. The molecule has 2 bridgehead atoms. The van der Waals surface area contributed by atoms with E-state index in [0.29, 0.717) is 42.6 Å². The molecule has 1 N–H and O–H groups in total. The first-order chi connectivity index (χ1) is 25.0. The van der Waals surface area contributed by atoms with Gasteiger partial charge in [-0.05, 0) is 116 Å². The zero-order chi connectivity index (χ0) is 36.2. The maximum absolute atomic E-state index is 14.6. The van der Waals surface area contributed by atoms with Gasteiger partial charge in [0.2, 0.25) is 5.91 Å². The number of carbonyl (C=O) groups is 2. The minimum absolute atomic E-state index is 0.00670. The number of amides is 2. The molecule has 2 fully saturated rings. The Bertz CT molecular complexity index is 2040. The summed E-state index contributed by atoms with van der Waals surface area (Å²) >= 11 is 6.47. The number of hydrogen-bond acceptors (Lipinski definition) is 7. The maximum atomic E-state index is 14.6. The zero-order valence-corrected chi connectivity index (χ0v) is 31.7. The smallest absolute Gasteiger partial charge is 0.286 e. The Balaban J connectivity index is 1.16. The molecule has 2 saturated carbocycles. The van der Waals surface area contributed by atoms with E-state index in [2.05, 4.69) is 43.4 Å². The lowest BCUT2D eigenvalue weighted by Crippen LogP contribution is -2.49. The molecule has 3 aliphatic carbocycles. The van der Waals surface area contributed by atoms with Crippen molar-refractivity contribution >= 4 is 39.0 Å². The summed E-state index contributed by atoms with van der Waals surface area (Å²) in [6, 6.07) is 11.7. The van der Waals surface area contributed by atoms with Crippen LogP contribution in [0.25, 0.3) is 0 Å². The molecule has 12 heteroatoms. The first-order valence-electron chi connectivity index (χ1n) is 18.6. The van der Waals surface area contributed by atoms with Crippen molar-refractivity contribution in [2.75, 3.05) is 37.5 Å². The van der Waals surface area contributed by atoms with Gasteiger partial charge in [0.05, 0.1) is 30.3 Å². The van der Waals surface area contributed by atoms with Gasteiger partial charge < -0.3 is 14.4 Å². The van der Waals surface area contributed by atoms with Crippen LogP contribution in [0.5, 0.6) is 5.75 Å². The molecular formula is C40H48ClN5O5S. The van der Waals surface area contributed by atoms with Crippen LogP contribution in [-0.4, -0.2) is 64.5 Å². The Hall–Kier alpha value is -3.67. The number of nitrogens with zero attached hydrogens (tertiary/aromatic N) is 4. The number of carbonyl (C=O) groups excluding carboxylic acids is 2. The van der Waals surface area contributed by atoms with Crippen LogP contribution in [0.1, 0.15) is 78.4 Å². The number of anilines is 1. The van der Waals surface area contributed by atoms with Crippen molar-refractivity contribution in [3.05, 3.63) is 88.2 Å². The highest BCUT2D eigenvalue weighted by Gasteiger charge is 2.46. The number of ether oxygens (including phenoxy) is 2. The molecule has 2 aromatic carbocycles. The highest BCUT2D eigenvalue weighted by atomic mass is 35.5. The van der Waals surface area contributed by atoms with Crippen LogP contribution < -0.4 is 14.4 Å². The molecule has 10 nitrogen and oxygen atoms in total. The van der Waals surface area contributed by atoms with E-state index in [9.17, 15) is 13.8 Å². The van der Waals surface area contributed by atoms with Crippen LogP contribution in [0, 0.1) is 23.7 Å². The van der Waals surface area contributed by atoms with Crippen LogP contribution >= 0.6 is 11.6 Å². The van der Waals surface area contributed by atoms with Gasteiger partial charge in [0.15, 0.2) is 0 Å². The number of aryl methyl sites for hydroxylation is 2. The zero-order valence-electron chi connectivity index (χ0n) is 30.1. The topological polar surface area (TPSA) is 115 Å². The third-order valence-corrected chi connectivity index (χ3v) is 14.3. The largest absolute Gasteiger partial charge is 0.490 e. The Labute approximate surface area is 311 Å². The molecule has 3 heterocycles. The predicted molar refractivity (Wildman–Crippen MR) is 202 cm³/mol. The summed E-state index contributed by atoms with van der Waals surface area (Å²) in [7, 11) is 0.151. The average molecular weight is 746 g/mol. The summed E-state index contributed by atoms with van der Waals surface area (Å²) in [4.78, 5) is 30.0. The molecule has 5 aliphatic rings. The highest BCUT2D eigenvalue weighted by molar-refractivity contribution is 7.92. The molecule has 1 aromatic heterocycles. The normalized spacial score (nSPS) is 33.4. The number of methoxy groups -OCH3 is 1. The fourth-order valence-electron chi connectivity index (χ4n) is 9.08. The Kier molecular flexibility index (Phi) is 9.49. The Morgan fingerprint density at radius 2 is 2.06 bits per heavy atom. The lowest BCUT2D eigenvalue weighted by Gasteiger charge is -2.46. The van der Waals surface area contributed by atoms with Crippen LogP contribution in [0.4, 0.5) is 5.69 Å². The van der Waals surface area contributed by atoms with E-state index in [-0.39, 0.29) is 40.9 Å². The van der Waals surface area contributed by atoms with E-state index in [1.165, 1.54) is 11.1 Å². The standard InChI is InChI=1S/C40H48ClN5O5S/c1-25-6-4-8-36(50-3)31-12-9-28(31)21-46-23-40(15-5-7-26-16-30(41)11-13-34(26)40)24-51-37-14-10-27(17-35(37)46)38(47)43-52(49,22-25)44-39(48)33-18-32(33)29-19-42-45(2)20-29/h4,8,10-11,13-14,16-17,19-20,25,28,31-33,36H,5-7,9,12,15,18,21-24H2,1-3H3,(H,43,44,47,48,49)/b8-4+/t25-,28-,31+,32?,33?,36-,40-,52-/m0/s1. The van der Waals surface area contributed by atoms with E-state index in [0.717, 1.165) is 61.5 Å². The highest BCUT2D eigenvalue weighted by Crippen LogP contribution is 2.48. The van der Waals surface area contributed by atoms with Gasteiger partial charge in [-0.3, -0.25) is 19.0 Å². The summed E-state index contributed by atoms with van der Waals surface area (Å²) < 4.78 is 36.2. The van der Waals surface area contributed by atoms with Crippen LogP contribution in [0.15, 0.2) is 65.3 Å². The third-order valence-electron chi connectivity index (χ3n) is 12.1. The third kappa shape index (κ3) is 6.92. The number of rotatable bonds is 4. The summed E-state index contributed by atoms with van der Waals surface area (Å²) in [6.45, 7) is 4.01. The van der Waals surface area contributed by atoms with Crippen LogP contribution in [-0.2, 0) is 38.3 Å². The van der Waals surface area contributed by atoms with Crippen LogP contribution in [0.2, 0.25) is 5.02 Å². The molecule has 8 atom stereocenters. The fourth-order valence-corrected chi connectivity index (χ4v) is 11.2. The minimum atomic E-state index is -3.46. The van der Waals surface area contributed by atoms with Crippen molar-refractivity contribution < 1.29 is 23.3 Å². The molecule has 2 amide bonds. The molecule has 8 rings (SSSR count). The van der Waals surface area contributed by atoms with Crippen molar-refractivity contribution in [1.82, 2.24) is 14.5 Å². The predicted octanol–water partition coefficient (Wildman–Crippen LogP) is 6.63. The summed E-state index contributed by atoms with van der Waals surface area (Å²) in [5.41, 5.74) is 4.43. The second kappa shape index (κ2) is 14.0. The Morgan fingerprint density at radius 1 is 1.19 bits per heavy atom. The molecule has 3 aromatic rings. The van der Waals surface area contributed by atoms with Gasteiger partial charge in [-0.25, -0.2) is 4.21 Å². The molecule has 1 spiro atoms. The first kappa shape index (κ1) is 35.4. The second-order valence-electron chi connectivity index (χ2n) is 15.8. The molecule has 2 aliphatic heterocycles. The van der Waals surface area contributed by atoms with Crippen molar-refractivity contribution in [2.45, 2.75) is 69.3 Å². The van der Waals surface area contributed by atoms with Crippen molar-refractivity contribution in [3.8, 4) is 5.75 Å². The van der Waals surface area contributed by atoms with Gasteiger partial charge in [0.1, 0.15) is 15.7 Å². The number of hydrogen-bond donors (Lipinski definition) is 1. The number of aromatic nitrogens is 2. The van der Waals surface area contributed by atoms with Gasteiger partial charge in [0, 0.05) is 55.4 Å². The van der Waals surface area contributed by atoms with Gasteiger partial charge >= 0.3 is 0 Å². The summed E-state index contributed by atoms with van der Waals surface area (Å²) in [5.74, 6) is 0.107. The number of benzene rings is 2. The summed E-state index contributed by atoms with van der Waals surface area (Å²) in [5, 5.41) is 4.99. The minimum Gasteiger partial charge on any atom is -0.490 e. The number of halogens is 1. The Morgan fingerprint density at radius 3 is 2.83 bits per heavy atom. The van der Waals surface area contributed by atoms with Crippen molar-refractivity contribution in [3.63, 3.8) is 0 Å². The SMILES string of the molecule is CO[C@H]1/C=C/C[C@H](C)C[S@@](=O)(NC(=O)C2CC2c2cnn(C)c2)=NC(=O)c2ccc3c(c2)N(C[C@@H]2CC[C@H]21)C[C@@]1(CCCc2cc(Cl)ccc21)CO3. The van der Waals surface area contributed by atoms with E-state index >= 15 is 0 Å². The van der Waals surface area contributed by atoms with Gasteiger partial charge in [-0.2, -0.15) is 5.10 Å². The molecule has 0 saturated heterocycles. The molecule has 276 valence electrons. The van der Waals surface area contributed by atoms with E-state index < -0.39 is 15.8 Å². The van der Waals surface area contributed by atoms with Gasteiger partial charge in [-0.15, -0.1) is 4.36 Å². The van der Waals surface area contributed by atoms with E-state index in [1.807, 2.05) is 38.4 Å². The number of nitrogens with one attached hydrogen (secondary N) is 1. The quantitative estimate of drug-likeness (QED) is 0.299. The van der Waals surface area contributed by atoms with Crippen molar-refractivity contribution in [1.29, 1.82) is 0 Å². The molecular weight excluding hydrogens is 698 g/mol. The molecule has 0 radical (unpaired) electrons. The van der Waals surface area contributed by atoms with E-state index in [4.69, 9.17) is 21.1 Å². The maximum Gasteiger partial charge on any atom is 0.286 e. The molecule has 52 heavy (non-hydrogen) atoms. The monoisotopic (exact) mass is 745 g/mol. The van der Waals surface area contributed by atoms with Gasteiger partial charge in [-0.1, -0.05) is 36.7 Å². The van der Waals surface area contributed by atoms with Crippen LogP contribution in [0.3, 0.4) is 0 Å². The number of fused-ring (bicyclic) bond motifs is 4. The average Bonchev–Trinajstić information content (AvgIpc) is 3.82. The first-order valence-corrected chi connectivity index (χ1v) is 20.7. The van der Waals surface area contributed by atoms with Gasteiger partial charge in [0.25, 0.3) is 5.91 Å². The fraction of sp³-hybridized carbons (Fsp3) is 0.525. The van der Waals surface area contributed by atoms with Crippen molar-refractivity contribution in [2.24, 2.45) is 35.1 Å². The summed E-state index contributed by atoms with van der Waals surface area (Å²) in [6.07, 6.45) is 14.3.